The number of halogens is 2. The molecule has 0 saturated heterocycles. The first kappa shape index (κ1) is 11.9. The third-order valence-electron chi connectivity index (χ3n) is 1.53. The lowest BCUT2D eigenvalue weighted by Crippen LogP contribution is -2.48. The number of hydrogen-bond acceptors (Lipinski definition) is 1. The molecule has 5 heteroatoms. The van der Waals surface area contributed by atoms with Crippen LogP contribution in [0, 0.1) is 0 Å². The highest BCUT2D eigenvalue weighted by atomic mass is 19.3. The molecule has 0 aliphatic heterocycles. The van der Waals surface area contributed by atoms with Gasteiger partial charge in [-0.25, -0.2) is 4.79 Å². The summed E-state index contributed by atoms with van der Waals surface area (Å²) in [6.45, 7) is 6.31. The van der Waals surface area contributed by atoms with E-state index in [1.807, 2.05) is 0 Å². The second-order valence-electron chi connectivity index (χ2n) is 2.60. The molecule has 0 aliphatic carbocycles. The van der Waals surface area contributed by atoms with Crippen molar-refractivity contribution in [2.45, 2.75) is 25.8 Å². The van der Waals surface area contributed by atoms with Crippen LogP contribution in [0.4, 0.5) is 13.6 Å². The molecule has 0 fully saturated rings. The van der Waals surface area contributed by atoms with Crippen LogP contribution in [0.3, 0.4) is 0 Å². The van der Waals surface area contributed by atoms with Crippen molar-refractivity contribution >= 4 is 6.03 Å². The van der Waals surface area contributed by atoms with Gasteiger partial charge in [-0.15, -0.1) is 0 Å². The van der Waals surface area contributed by atoms with E-state index in [4.69, 9.17) is 0 Å². The maximum absolute atomic E-state index is 12.8. The van der Waals surface area contributed by atoms with E-state index in [0.29, 0.717) is 12.6 Å². The van der Waals surface area contributed by atoms with E-state index in [-0.39, 0.29) is 0 Å². The lowest BCUT2D eigenvalue weighted by molar-refractivity contribution is 0.0230. The van der Waals surface area contributed by atoms with Crippen molar-refractivity contribution in [1.82, 2.24) is 10.6 Å². The van der Waals surface area contributed by atoms with Gasteiger partial charge in [0.1, 0.15) is 0 Å². The van der Waals surface area contributed by atoms with E-state index in [0.717, 1.165) is 0 Å². The van der Waals surface area contributed by atoms with Gasteiger partial charge < -0.3 is 10.6 Å². The van der Waals surface area contributed by atoms with E-state index in [1.54, 1.807) is 6.92 Å². The third-order valence-corrected chi connectivity index (χ3v) is 1.53. The van der Waals surface area contributed by atoms with Crippen LogP contribution in [-0.2, 0) is 0 Å². The molecule has 0 rings (SSSR count). The number of nitrogens with one attached hydrogen (secondary N) is 2. The van der Waals surface area contributed by atoms with Crippen molar-refractivity contribution in [3.05, 3.63) is 12.7 Å². The molecule has 0 bridgehead atoms. The molecule has 0 heterocycles. The third kappa shape index (κ3) is 3.87. The Morgan fingerprint density at radius 1 is 1.69 bits per heavy atom. The Hall–Kier alpha value is -1.13. The topological polar surface area (TPSA) is 41.1 Å². The largest absolute Gasteiger partial charge is 0.338 e. The van der Waals surface area contributed by atoms with Crippen molar-refractivity contribution in [2.24, 2.45) is 0 Å². The van der Waals surface area contributed by atoms with E-state index in [9.17, 15) is 13.6 Å². The summed E-state index contributed by atoms with van der Waals surface area (Å²) in [5.74, 6) is -3.08. The number of urea groups is 1. The van der Waals surface area contributed by atoms with Crippen LogP contribution < -0.4 is 10.6 Å². The fourth-order valence-electron chi connectivity index (χ4n) is 0.681. The van der Waals surface area contributed by atoms with Gasteiger partial charge in [0.2, 0.25) is 0 Å². The van der Waals surface area contributed by atoms with Gasteiger partial charge >= 0.3 is 6.03 Å². The minimum Gasteiger partial charge on any atom is -0.338 e. The zero-order valence-corrected chi connectivity index (χ0v) is 7.73. The van der Waals surface area contributed by atoms with E-state index in [2.05, 4.69) is 17.2 Å². The van der Waals surface area contributed by atoms with Crippen molar-refractivity contribution in [3.8, 4) is 0 Å². The van der Waals surface area contributed by atoms with Crippen molar-refractivity contribution in [3.63, 3.8) is 0 Å². The minimum absolute atomic E-state index is 0.401. The highest BCUT2D eigenvalue weighted by Gasteiger charge is 2.33. The van der Waals surface area contributed by atoms with Crippen LogP contribution in [0.25, 0.3) is 0 Å². The predicted molar refractivity (Wildman–Crippen MR) is 46.8 cm³/mol. The first-order chi connectivity index (χ1) is 5.94. The molecule has 0 spiro atoms. The Bertz CT molecular complexity index is 195. The summed E-state index contributed by atoms with van der Waals surface area (Å²) < 4.78 is 25.6. The molecule has 3 nitrogen and oxygen atoms in total. The molecule has 0 aliphatic rings. The first-order valence-corrected chi connectivity index (χ1v) is 3.99. The van der Waals surface area contributed by atoms with Gasteiger partial charge in [0, 0.05) is 6.54 Å². The molecular formula is C8H14F2N2O. The Balaban J connectivity index is 4.06. The monoisotopic (exact) mass is 192 g/mol. The molecule has 13 heavy (non-hydrogen) atoms. The molecule has 0 aromatic heterocycles. The molecular weight excluding hydrogens is 178 g/mol. The van der Waals surface area contributed by atoms with Crippen LogP contribution >= 0.6 is 0 Å². The van der Waals surface area contributed by atoms with Crippen LogP contribution in [-0.4, -0.2) is 24.5 Å². The van der Waals surface area contributed by atoms with Gasteiger partial charge in [-0.05, 0) is 19.9 Å². The normalized spacial score (nSPS) is 13.2. The maximum Gasteiger partial charge on any atom is 0.315 e. The number of hydrogen-bond donors (Lipinski definition) is 2. The Kier molecular flexibility index (Phi) is 4.37. The van der Waals surface area contributed by atoms with Gasteiger partial charge in [-0.1, -0.05) is 6.58 Å². The number of alkyl halides is 2. The molecule has 0 radical (unpaired) electrons. The van der Waals surface area contributed by atoms with Gasteiger partial charge in [0.15, 0.2) is 0 Å². The molecule has 2 amide bonds. The van der Waals surface area contributed by atoms with Crippen molar-refractivity contribution < 1.29 is 13.6 Å². The standard InChI is InChI=1S/C8H14F2N2O/c1-4-8(9,10)6(3)12-7(13)11-5-2/h4,6H,1,5H2,2-3H3,(H2,11,12,13). The number of amides is 2. The summed E-state index contributed by atoms with van der Waals surface area (Å²) in [5.41, 5.74) is 0. The maximum atomic E-state index is 12.8. The number of rotatable bonds is 4. The molecule has 0 aromatic rings. The quantitative estimate of drug-likeness (QED) is 0.651. The average Bonchev–Trinajstić information content (AvgIpc) is 2.04. The fourth-order valence-corrected chi connectivity index (χ4v) is 0.681. The molecule has 1 unspecified atom stereocenters. The van der Waals surface area contributed by atoms with E-state index < -0.39 is 18.0 Å². The molecule has 2 N–H and O–H groups in total. The lowest BCUT2D eigenvalue weighted by Gasteiger charge is -2.21. The zero-order chi connectivity index (χ0) is 10.5. The van der Waals surface area contributed by atoms with Gasteiger partial charge in [0.25, 0.3) is 5.92 Å². The predicted octanol–water partition coefficient (Wildman–Crippen LogP) is 1.52. The summed E-state index contributed by atoms with van der Waals surface area (Å²) in [7, 11) is 0. The molecule has 0 aromatic carbocycles. The Labute approximate surface area is 76.2 Å². The first-order valence-electron chi connectivity index (χ1n) is 3.99. The van der Waals surface area contributed by atoms with Crippen molar-refractivity contribution in [2.75, 3.05) is 6.54 Å². The van der Waals surface area contributed by atoms with Gasteiger partial charge in [0.05, 0.1) is 6.04 Å². The number of carbonyl (C=O) groups is 1. The highest BCUT2D eigenvalue weighted by Crippen LogP contribution is 2.18. The molecule has 0 saturated carbocycles. The smallest absolute Gasteiger partial charge is 0.315 e. The van der Waals surface area contributed by atoms with Crippen molar-refractivity contribution in [1.29, 1.82) is 0 Å². The Morgan fingerprint density at radius 2 is 2.23 bits per heavy atom. The SMILES string of the molecule is C=CC(F)(F)C(C)NC(=O)NCC. The van der Waals surface area contributed by atoms with Crippen LogP contribution in [0.1, 0.15) is 13.8 Å². The van der Waals surface area contributed by atoms with Crippen LogP contribution in [0.5, 0.6) is 0 Å². The van der Waals surface area contributed by atoms with Gasteiger partial charge in [-0.3, -0.25) is 0 Å². The van der Waals surface area contributed by atoms with E-state index >= 15 is 0 Å². The number of carbonyl (C=O) groups excluding carboxylic acids is 1. The summed E-state index contributed by atoms with van der Waals surface area (Å²) >= 11 is 0. The lowest BCUT2D eigenvalue weighted by atomic mass is 10.2. The molecule has 76 valence electrons. The fraction of sp³-hybridized carbons (Fsp3) is 0.625. The van der Waals surface area contributed by atoms with E-state index in [1.165, 1.54) is 6.92 Å². The van der Waals surface area contributed by atoms with Crippen LogP contribution in [0.2, 0.25) is 0 Å². The summed E-state index contributed by atoms with van der Waals surface area (Å²) in [4.78, 5) is 10.8. The summed E-state index contributed by atoms with van der Waals surface area (Å²) in [6.07, 6.45) is 0.518. The summed E-state index contributed by atoms with van der Waals surface area (Å²) in [5, 5.41) is 4.46. The van der Waals surface area contributed by atoms with Gasteiger partial charge in [-0.2, -0.15) is 8.78 Å². The van der Waals surface area contributed by atoms with Crippen LogP contribution in [0.15, 0.2) is 12.7 Å². The Morgan fingerprint density at radius 3 is 2.62 bits per heavy atom. The second kappa shape index (κ2) is 4.79. The summed E-state index contributed by atoms with van der Waals surface area (Å²) in [6, 6.07) is -1.85. The molecule has 1 atom stereocenters. The second-order valence-corrected chi connectivity index (χ2v) is 2.60. The highest BCUT2D eigenvalue weighted by molar-refractivity contribution is 5.74. The zero-order valence-electron chi connectivity index (χ0n) is 7.73. The minimum atomic E-state index is -3.08. The average molecular weight is 192 g/mol.